The first kappa shape index (κ1) is 34.3. The first-order chi connectivity index (χ1) is 30.7. The summed E-state index contributed by atoms with van der Waals surface area (Å²) in [6.07, 6.45) is 12.3. The van der Waals surface area contributed by atoms with Crippen molar-refractivity contribution in [1.29, 1.82) is 0 Å². The number of benzene rings is 8. The quantitative estimate of drug-likeness (QED) is 0.149. The van der Waals surface area contributed by atoms with Crippen molar-refractivity contribution in [3.63, 3.8) is 0 Å². The highest BCUT2D eigenvalue weighted by atomic mass is 15.0. The van der Waals surface area contributed by atoms with E-state index in [-0.39, 0.29) is 5.41 Å². The Morgan fingerprint density at radius 1 is 0.452 bits per heavy atom. The lowest BCUT2D eigenvalue weighted by molar-refractivity contribution is 0.194. The number of fused-ring (bicyclic) bond motifs is 10. The maximum absolute atomic E-state index is 2.58. The fourth-order valence-corrected chi connectivity index (χ4v) is 12.2. The Balaban J connectivity index is 0.848. The van der Waals surface area contributed by atoms with Crippen molar-refractivity contribution >= 4 is 49.3 Å². The summed E-state index contributed by atoms with van der Waals surface area (Å²) in [5.41, 5.74) is 19.8. The molecule has 0 bridgehead atoms. The fraction of sp³-hybridized carbons (Fsp3) is 0.100. The molecule has 0 spiro atoms. The SMILES string of the molecule is C1=C[C@H](C2(C3CC4=CC43)c3ccccc3-c3ccccc32)CC=C1n1c2ccccc2c2cc(-c3ccc4c(c3)c3ccccc3n4-c3ccc(-c4ccccc4)cc3)ccc21. The topological polar surface area (TPSA) is 9.86 Å². The number of rotatable bonds is 6. The van der Waals surface area contributed by atoms with Crippen molar-refractivity contribution in [2.45, 2.75) is 18.3 Å². The molecule has 2 heteroatoms. The third-order valence-corrected chi connectivity index (χ3v) is 15.1. The zero-order chi connectivity index (χ0) is 40.5. The van der Waals surface area contributed by atoms with Crippen LogP contribution in [0.3, 0.4) is 0 Å². The molecule has 0 radical (unpaired) electrons. The van der Waals surface area contributed by atoms with Gasteiger partial charge in [0.2, 0.25) is 0 Å². The molecule has 2 aromatic heterocycles. The van der Waals surface area contributed by atoms with E-state index >= 15 is 0 Å². The van der Waals surface area contributed by atoms with Gasteiger partial charge in [0.25, 0.3) is 0 Å². The zero-order valence-electron chi connectivity index (χ0n) is 34.2. The summed E-state index contributed by atoms with van der Waals surface area (Å²) in [5.74, 6) is 1.66. The first-order valence-corrected chi connectivity index (χ1v) is 22.3. The second-order valence-corrected chi connectivity index (χ2v) is 18.0. The van der Waals surface area contributed by atoms with Gasteiger partial charge in [-0.2, -0.15) is 0 Å². The highest BCUT2D eigenvalue weighted by Gasteiger charge is 2.61. The number of hydrogen-bond donors (Lipinski definition) is 0. The van der Waals surface area contributed by atoms with Crippen LogP contribution in [0.5, 0.6) is 0 Å². The maximum Gasteiger partial charge on any atom is 0.0541 e. The van der Waals surface area contributed by atoms with Gasteiger partial charge in [-0.05, 0) is 124 Å². The van der Waals surface area contributed by atoms with E-state index in [4.69, 9.17) is 0 Å². The van der Waals surface area contributed by atoms with Gasteiger partial charge >= 0.3 is 0 Å². The molecule has 62 heavy (non-hydrogen) atoms. The predicted molar refractivity (Wildman–Crippen MR) is 259 cm³/mol. The van der Waals surface area contributed by atoms with Gasteiger partial charge in [-0.25, -0.2) is 0 Å². The van der Waals surface area contributed by atoms with E-state index < -0.39 is 0 Å². The number of hydrogen-bond acceptors (Lipinski definition) is 0. The molecule has 8 aromatic carbocycles. The third-order valence-electron chi connectivity index (χ3n) is 15.1. The molecule has 4 aliphatic carbocycles. The van der Waals surface area contributed by atoms with Crippen LogP contribution < -0.4 is 0 Å². The molecular weight excluding hydrogens is 749 g/mol. The van der Waals surface area contributed by atoms with Gasteiger partial charge in [-0.15, -0.1) is 0 Å². The minimum atomic E-state index is -0.0248. The maximum atomic E-state index is 2.58. The second kappa shape index (κ2) is 12.8. The van der Waals surface area contributed by atoms with Crippen molar-refractivity contribution in [2.24, 2.45) is 17.8 Å². The Bertz CT molecular complexity index is 3540. The molecule has 0 aliphatic heterocycles. The molecule has 2 unspecified atom stereocenters. The standard InChI is InChI=1S/C60H42N2/c1-2-12-38(13-3-1)39-22-28-44(29-23-39)61-56-20-10-6-16-48(56)51-34-40(24-32-58(51)61)41-25-33-59-52(35-41)49-17-7-11-21-57(49)62(59)45-30-26-43(27-31-45)60(55-37-42-36-50(42)55)53-18-8-4-14-46(53)47-15-5-9-19-54(47)60/h1-26,28-36,43,50,55H,27,37H2/t43-,50?,55?/m0/s1. The minimum Gasteiger partial charge on any atom is -0.310 e. The van der Waals surface area contributed by atoms with Crippen LogP contribution in [0.15, 0.2) is 218 Å². The van der Waals surface area contributed by atoms with Gasteiger partial charge in [0.05, 0.1) is 22.1 Å². The van der Waals surface area contributed by atoms with Crippen molar-refractivity contribution in [3.05, 3.63) is 229 Å². The lowest BCUT2D eigenvalue weighted by Gasteiger charge is -2.49. The number of nitrogens with zero attached hydrogens (tertiary/aromatic N) is 2. The number of aromatic nitrogens is 2. The smallest absolute Gasteiger partial charge is 0.0541 e. The first-order valence-electron chi connectivity index (χ1n) is 22.3. The summed E-state index contributed by atoms with van der Waals surface area (Å²) in [6, 6.07) is 70.1. The van der Waals surface area contributed by atoms with Crippen LogP contribution in [0.4, 0.5) is 0 Å². The van der Waals surface area contributed by atoms with Crippen LogP contribution in [0.25, 0.3) is 88.4 Å². The van der Waals surface area contributed by atoms with E-state index in [1.54, 1.807) is 5.57 Å². The van der Waals surface area contributed by atoms with Crippen LogP contribution in [0.2, 0.25) is 0 Å². The molecule has 1 fully saturated rings. The molecule has 0 amide bonds. The molecule has 0 saturated heterocycles. The van der Waals surface area contributed by atoms with Gasteiger partial charge in [0.15, 0.2) is 0 Å². The normalized spacial score (nSPS) is 19.3. The summed E-state index contributed by atoms with van der Waals surface area (Å²) >= 11 is 0. The van der Waals surface area contributed by atoms with Crippen LogP contribution in [-0.2, 0) is 5.41 Å². The van der Waals surface area contributed by atoms with E-state index in [0.717, 1.165) is 6.42 Å². The summed E-state index contributed by atoms with van der Waals surface area (Å²) in [5, 5.41) is 5.10. The van der Waals surface area contributed by atoms with Gasteiger partial charge < -0.3 is 9.13 Å². The molecule has 3 atom stereocenters. The van der Waals surface area contributed by atoms with E-state index in [1.807, 2.05) is 0 Å². The van der Waals surface area contributed by atoms with Crippen LogP contribution in [0, 0.1) is 17.8 Å². The molecule has 10 aromatic rings. The molecule has 4 aliphatic rings. The van der Waals surface area contributed by atoms with Crippen molar-refractivity contribution < 1.29 is 0 Å². The summed E-state index contributed by atoms with van der Waals surface area (Å²) in [7, 11) is 0. The van der Waals surface area contributed by atoms with Gasteiger partial charge in [0.1, 0.15) is 0 Å². The molecule has 1 saturated carbocycles. The average molecular weight is 791 g/mol. The van der Waals surface area contributed by atoms with Crippen molar-refractivity contribution in [1.82, 2.24) is 9.13 Å². The van der Waals surface area contributed by atoms with Crippen LogP contribution in [-0.4, -0.2) is 9.13 Å². The third kappa shape index (κ3) is 4.70. The Labute approximate surface area is 361 Å². The molecule has 2 heterocycles. The minimum absolute atomic E-state index is 0.0248. The largest absolute Gasteiger partial charge is 0.310 e. The van der Waals surface area contributed by atoms with E-state index in [9.17, 15) is 0 Å². The number of para-hydroxylation sites is 2. The Hall–Kier alpha value is -7.42. The highest BCUT2D eigenvalue weighted by Crippen LogP contribution is 2.69. The molecule has 14 rings (SSSR count). The van der Waals surface area contributed by atoms with E-state index in [2.05, 4.69) is 221 Å². The van der Waals surface area contributed by atoms with E-state index in [0.29, 0.717) is 17.8 Å². The molecular formula is C60H42N2. The molecule has 2 nitrogen and oxygen atoms in total. The Kier molecular flexibility index (Phi) is 7.08. The average Bonchev–Trinajstić information content (AvgIpc) is 3.58. The van der Waals surface area contributed by atoms with Crippen molar-refractivity contribution in [2.75, 3.05) is 0 Å². The summed E-state index contributed by atoms with van der Waals surface area (Å²) in [4.78, 5) is 0. The Morgan fingerprint density at radius 2 is 0.984 bits per heavy atom. The molecule has 292 valence electrons. The van der Waals surface area contributed by atoms with Gasteiger partial charge in [0, 0.05) is 44.3 Å². The van der Waals surface area contributed by atoms with E-state index in [1.165, 1.54) is 106 Å². The summed E-state index contributed by atoms with van der Waals surface area (Å²) in [6.45, 7) is 0. The monoisotopic (exact) mass is 790 g/mol. The lowest BCUT2D eigenvalue weighted by Crippen LogP contribution is -2.46. The predicted octanol–water partition coefficient (Wildman–Crippen LogP) is 15.2. The lowest BCUT2D eigenvalue weighted by atomic mass is 9.53. The van der Waals surface area contributed by atoms with Gasteiger partial charge in [-0.1, -0.05) is 163 Å². The zero-order valence-corrected chi connectivity index (χ0v) is 34.2. The van der Waals surface area contributed by atoms with Crippen LogP contribution >= 0.6 is 0 Å². The Morgan fingerprint density at radius 3 is 1.58 bits per heavy atom. The van der Waals surface area contributed by atoms with Crippen molar-refractivity contribution in [3.8, 4) is 39.1 Å². The highest BCUT2D eigenvalue weighted by molar-refractivity contribution is 6.13. The fourth-order valence-electron chi connectivity index (χ4n) is 12.2. The van der Waals surface area contributed by atoms with Crippen LogP contribution in [0.1, 0.15) is 24.0 Å². The molecule has 0 N–H and O–H groups in total. The second-order valence-electron chi connectivity index (χ2n) is 18.0. The number of allylic oxidation sites excluding steroid dienone is 6. The summed E-state index contributed by atoms with van der Waals surface area (Å²) < 4.78 is 4.92. The van der Waals surface area contributed by atoms with Gasteiger partial charge in [-0.3, -0.25) is 0 Å².